The quantitative estimate of drug-likeness (QED) is 0.455. The fraction of sp³-hybridized carbons (Fsp3) is 0.562. The first-order chi connectivity index (χ1) is 8.86. The molecule has 0 aromatic heterocycles. The van der Waals surface area contributed by atoms with E-state index in [0.29, 0.717) is 5.57 Å². The van der Waals surface area contributed by atoms with Crippen LogP contribution < -0.4 is 0 Å². The van der Waals surface area contributed by atoms with Crippen molar-refractivity contribution >= 4 is 6.29 Å². The Labute approximate surface area is 110 Å². The Bertz CT molecular complexity index is 313. The molecule has 0 fully saturated rings. The van der Waals surface area contributed by atoms with Gasteiger partial charge in [0.25, 0.3) is 0 Å². The molecule has 0 heterocycles. The van der Waals surface area contributed by atoms with Gasteiger partial charge in [0.15, 0.2) is 0 Å². The molecule has 0 aromatic carbocycles. The smallest absolute Gasteiger partial charge is 0.150 e. The van der Waals surface area contributed by atoms with Crippen LogP contribution in [-0.2, 0) is 9.53 Å². The first kappa shape index (κ1) is 14.9. The van der Waals surface area contributed by atoms with E-state index in [2.05, 4.69) is 6.92 Å². The number of aldehydes is 1. The zero-order valence-electron chi connectivity index (χ0n) is 11.3. The molecule has 0 amide bonds. The predicted molar refractivity (Wildman–Crippen MR) is 75.5 cm³/mol. The van der Waals surface area contributed by atoms with E-state index in [1.54, 1.807) is 6.08 Å². The summed E-state index contributed by atoms with van der Waals surface area (Å²) in [5, 5.41) is 0. The topological polar surface area (TPSA) is 26.3 Å². The van der Waals surface area contributed by atoms with Crippen LogP contribution in [0, 0.1) is 0 Å². The Morgan fingerprint density at radius 2 is 1.94 bits per heavy atom. The van der Waals surface area contributed by atoms with Crippen molar-refractivity contribution in [1.29, 1.82) is 0 Å². The van der Waals surface area contributed by atoms with Crippen molar-refractivity contribution in [3.8, 4) is 0 Å². The van der Waals surface area contributed by atoms with Crippen molar-refractivity contribution in [1.82, 2.24) is 0 Å². The number of carbonyl (C=O) groups excluding carboxylic acids is 1. The number of hydrogen-bond acceptors (Lipinski definition) is 2. The number of carbonyl (C=O) groups is 1. The molecule has 1 aliphatic carbocycles. The SMILES string of the molecule is CCCCCCCCOC1C=CC=C(C=O)C=C1. The Morgan fingerprint density at radius 3 is 2.72 bits per heavy atom. The summed E-state index contributed by atoms with van der Waals surface area (Å²) in [4.78, 5) is 10.6. The largest absolute Gasteiger partial charge is 0.370 e. The fourth-order valence-electron chi connectivity index (χ4n) is 1.89. The maximum atomic E-state index is 10.6. The third-order valence-electron chi connectivity index (χ3n) is 3.01. The van der Waals surface area contributed by atoms with E-state index in [0.717, 1.165) is 19.3 Å². The van der Waals surface area contributed by atoms with E-state index in [1.165, 1.54) is 32.1 Å². The van der Waals surface area contributed by atoms with E-state index in [4.69, 9.17) is 4.74 Å². The second-order valence-electron chi connectivity index (χ2n) is 4.63. The highest BCUT2D eigenvalue weighted by atomic mass is 16.5. The lowest BCUT2D eigenvalue weighted by molar-refractivity contribution is -0.104. The minimum atomic E-state index is 0.00865. The molecule has 2 nitrogen and oxygen atoms in total. The highest BCUT2D eigenvalue weighted by molar-refractivity contribution is 5.78. The lowest BCUT2D eigenvalue weighted by Crippen LogP contribution is -2.07. The van der Waals surface area contributed by atoms with Gasteiger partial charge in [0.2, 0.25) is 0 Å². The summed E-state index contributed by atoms with van der Waals surface area (Å²) in [6, 6.07) is 0. The zero-order valence-corrected chi connectivity index (χ0v) is 11.3. The zero-order chi connectivity index (χ0) is 13.1. The van der Waals surface area contributed by atoms with Gasteiger partial charge in [0.05, 0.1) is 6.10 Å². The molecule has 0 N–H and O–H groups in total. The minimum absolute atomic E-state index is 0.00865. The molecule has 0 bridgehead atoms. The summed E-state index contributed by atoms with van der Waals surface area (Å²) >= 11 is 0. The molecule has 1 aliphatic rings. The van der Waals surface area contributed by atoms with E-state index in [9.17, 15) is 4.79 Å². The maximum Gasteiger partial charge on any atom is 0.150 e. The summed E-state index contributed by atoms with van der Waals surface area (Å²) in [6.07, 6.45) is 17.9. The molecule has 0 saturated carbocycles. The van der Waals surface area contributed by atoms with Crippen molar-refractivity contribution in [3.05, 3.63) is 36.0 Å². The third kappa shape index (κ3) is 6.55. The van der Waals surface area contributed by atoms with E-state index in [-0.39, 0.29) is 6.10 Å². The molecule has 2 heteroatoms. The van der Waals surface area contributed by atoms with Crippen molar-refractivity contribution in [2.45, 2.75) is 51.6 Å². The van der Waals surface area contributed by atoms with Gasteiger partial charge in [-0.25, -0.2) is 0 Å². The number of unbranched alkanes of at least 4 members (excludes halogenated alkanes) is 5. The monoisotopic (exact) mass is 248 g/mol. The Hall–Kier alpha value is -1.15. The van der Waals surface area contributed by atoms with Gasteiger partial charge in [0, 0.05) is 12.2 Å². The van der Waals surface area contributed by atoms with Gasteiger partial charge >= 0.3 is 0 Å². The van der Waals surface area contributed by atoms with Crippen LogP contribution in [-0.4, -0.2) is 19.0 Å². The van der Waals surface area contributed by atoms with Crippen LogP contribution in [0.2, 0.25) is 0 Å². The molecule has 0 spiro atoms. The summed E-state index contributed by atoms with van der Waals surface area (Å²) < 4.78 is 5.74. The number of hydrogen-bond donors (Lipinski definition) is 0. The molecule has 0 aromatic rings. The van der Waals surface area contributed by atoms with Gasteiger partial charge in [-0.05, 0) is 6.42 Å². The van der Waals surface area contributed by atoms with Crippen molar-refractivity contribution in [2.75, 3.05) is 6.61 Å². The summed E-state index contributed by atoms with van der Waals surface area (Å²) in [7, 11) is 0. The second-order valence-corrected chi connectivity index (χ2v) is 4.63. The van der Waals surface area contributed by atoms with E-state index >= 15 is 0 Å². The van der Waals surface area contributed by atoms with Gasteiger partial charge < -0.3 is 4.74 Å². The van der Waals surface area contributed by atoms with Crippen molar-refractivity contribution in [3.63, 3.8) is 0 Å². The van der Waals surface area contributed by atoms with Crippen LogP contribution in [0.25, 0.3) is 0 Å². The van der Waals surface area contributed by atoms with Crippen LogP contribution in [0.5, 0.6) is 0 Å². The number of allylic oxidation sites excluding steroid dienone is 4. The van der Waals surface area contributed by atoms with Crippen LogP contribution in [0.1, 0.15) is 45.4 Å². The molecule has 0 aliphatic heterocycles. The molecule has 18 heavy (non-hydrogen) atoms. The van der Waals surface area contributed by atoms with Crippen molar-refractivity contribution < 1.29 is 9.53 Å². The molecular weight excluding hydrogens is 224 g/mol. The summed E-state index contributed by atoms with van der Waals surface area (Å²) in [5.41, 5.74) is 0.692. The highest BCUT2D eigenvalue weighted by Crippen LogP contribution is 2.09. The van der Waals surface area contributed by atoms with Crippen LogP contribution in [0.15, 0.2) is 36.0 Å². The fourth-order valence-corrected chi connectivity index (χ4v) is 1.89. The summed E-state index contributed by atoms with van der Waals surface area (Å²) in [6.45, 7) is 3.03. The normalized spacial score (nSPS) is 18.5. The molecule has 0 radical (unpaired) electrons. The van der Waals surface area contributed by atoms with Crippen molar-refractivity contribution in [2.24, 2.45) is 0 Å². The average Bonchev–Trinajstić information content (AvgIpc) is 2.63. The van der Waals surface area contributed by atoms with Gasteiger partial charge in [-0.2, -0.15) is 0 Å². The first-order valence-corrected chi connectivity index (χ1v) is 7.00. The predicted octanol–water partition coefficient (Wildman–Crippen LogP) is 3.98. The average molecular weight is 248 g/mol. The van der Waals surface area contributed by atoms with E-state index in [1.807, 2.05) is 24.3 Å². The van der Waals surface area contributed by atoms with Gasteiger partial charge in [-0.15, -0.1) is 0 Å². The first-order valence-electron chi connectivity index (χ1n) is 7.00. The molecule has 1 unspecified atom stereocenters. The van der Waals surface area contributed by atoms with Crippen LogP contribution in [0.4, 0.5) is 0 Å². The molecule has 1 atom stereocenters. The standard InChI is InChI=1S/C16H24O2/c1-2-3-4-5-6-7-13-18-16-10-8-9-15(14-17)11-12-16/h8-12,14,16H,2-7,13H2,1H3. The Kier molecular flexibility index (Phi) is 8.15. The lowest BCUT2D eigenvalue weighted by atomic mass is 10.1. The van der Waals surface area contributed by atoms with Gasteiger partial charge in [-0.3, -0.25) is 4.79 Å². The van der Waals surface area contributed by atoms with Gasteiger partial charge in [0.1, 0.15) is 6.29 Å². The molecule has 100 valence electrons. The molecular formula is C16H24O2. The maximum absolute atomic E-state index is 10.6. The van der Waals surface area contributed by atoms with E-state index < -0.39 is 0 Å². The van der Waals surface area contributed by atoms with Crippen LogP contribution >= 0.6 is 0 Å². The highest BCUT2D eigenvalue weighted by Gasteiger charge is 2.02. The minimum Gasteiger partial charge on any atom is -0.370 e. The second kappa shape index (κ2) is 9.84. The number of ether oxygens (including phenoxy) is 1. The summed E-state index contributed by atoms with van der Waals surface area (Å²) in [5.74, 6) is 0. The third-order valence-corrected chi connectivity index (χ3v) is 3.01. The lowest BCUT2D eigenvalue weighted by Gasteiger charge is -2.09. The Morgan fingerprint density at radius 1 is 1.17 bits per heavy atom. The molecule has 0 saturated heterocycles. The van der Waals surface area contributed by atoms with Gasteiger partial charge in [-0.1, -0.05) is 69.4 Å². The van der Waals surface area contributed by atoms with Crippen LogP contribution in [0.3, 0.4) is 0 Å². The molecule has 1 rings (SSSR count). The Balaban J connectivity index is 2.08. The number of rotatable bonds is 9.